The number of rotatable bonds is 7. The average Bonchev–Trinajstić information content (AvgIpc) is 2.54. The highest BCUT2D eigenvalue weighted by Gasteiger charge is 2.25. The summed E-state index contributed by atoms with van der Waals surface area (Å²) >= 11 is 0. The Morgan fingerprint density at radius 2 is 1.84 bits per heavy atom. The third kappa shape index (κ3) is 6.21. The van der Waals surface area contributed by atoms with E-state index in [2.05, 4.69) is 4.90 Å². The molecule has 6 heteroatoms. The van der Waals surface area contributed by atoms with Crippen LogP contribution in [0.15, 0.2) is 0 Å². The number of hydrogen-bond acceptors (Lipinski definition) is 4. The highest BCUT2D eigenvalue weighted by atomic mass is 32.2. The number of nitrogens with two attached hydrogens (primary N) is 1. The zero-order valence-corrected chi connectivity index (χ0v) is 13.2. The van der Waals surface area contributed by atoms with E-state index in [1.807, 2.05) is 13.8 Å². The van der Waals surface area contributed by atoms with Crippen LogP contribution in [0.2, 0.25) is 0 Å². The second kappa shape index (κ2) is 8.19. The van der Waals surface area contributed by atoms with Crippen molar-refractivity contribution in [2.45, 2.75) is 33.1 Å². The van der Waals surface area contributed by atoms with Gasteiger partial charge in [0.1, 0.15) is 0 Å². The van der Waals surface area contributed by atoms with Crippen LogP contribution in [0.3, 0.4) is 0 Å². The number of hydrogen-bond donors (Lipinski definition) is 1. The van der Waals surface area contributed by atoms with Crippen LogP contribution in [0.4, 0.5) is 0 Å². The summed E-state index contributed by atoms with van der Waals surface area (Å²) in [4.78, 5) is 2.36. The lowest BCUT2D eigenvalue weighted by molar-refractivity contribution is 0.281. The van der Waals surface area contributed by atoms with Crippen LogP contribution < -0.4 is 5.73 Å². The Bertz CT molecular complexity index is 344. The van der Waals surface area contributed by atoms with Gasteiger partial charge in [-0.25, -0.2) is 12.7 Å². The van der Waals surface area contributed by atoms with Crippen molar-refractivity contribution in [3.8, 4) is 0 Å². The number of nitrogens with zero attached hydrogens (tertiary/aromatic N) is 2. The van der Waals surface area contributed by atoms with Crippen molar-refractivity contribution in [2.75, 3.05) is 45.0 Å². The van der Waals surface area contributed by atoms with E-state index in [4.69, 9.17) is 5.73 Å². The SMILES string of the molecule is CC(C)CS(=O)(=O)N1CCCN(CCCCN)CC1. The van der Waals surface area contributed by atoms with E-state index in [1.165, 1.54) is 0 Å². The maximum atomic E-state index is 12.2. The highest BCUT2D eigenvalue weighted by Crippen LogP contribution is 2.12. The quantitative estimate of drug-likeness (QED) is 0.702. The van der Waals surface area contributed by atoms with Gasteiger partial charge in [-0.05, 0) is 44.8 Å². The first kappa shape index (κ1) is 16.9. The molecule has 0 bridgehead atoms. The summed E-state index contributed by atoms with van der Waals surface area (Å²) < 4.78 is 26.1. The van der Waals surface area contributed by atoms with E-state index in [0.717, 1.165) is 45.4 Å². The summed E-state index contributed by atoms with van der Waals surface area (Å²) in [5.41, 5.74) is 5.49. The Balaban J connectivity index is 2.45. The number of unbranched alkanes of at least 4 members (excludes halogenated alkanes) is 1. The van der Waals surface area contributed by atoms with Crippen LogP contribution >= 0.6 is 0 Å². The van der Waals surface area contributed by atoms with Crippen molar-refractivity contribution in [1.29, 1.82) is 0 Å². The maximum Gasteiger partial charge on any atom is 0.214 e. The molecule has 1 aliphatic rings. The lowest BCUT2D eigenvalue weighted by atomic mass is 10.3. The van der Waals surface area contributed by atoms with E-state index in [0.29, 0.717) is 13.1 Å². The topological polar surface area (TPSA) is 66.6 Å². The Hall–Kier alpha value is -0.170. The van der Waals surface area contributed by atoms with Crippen LogP contribution in [-0.4, -0.2) is 62.6 Å². The average molecular weight is 291 g/mol. The summed E-state index contributed by atoms with van der Waals surface area (Å²) in [5, 5.41) is 0. The molecule has 0 aromatic heterocycles. The van der Waals surface area contributed by atoms with Gasteiger partial charge in [0, 0.05) is 19.6 Å². The lowest BCUT2D eigenvalue weighted by Crippen LogP contribution is -2.37. The van der Waals surface area contributed by atoms with E-state index >= 15 is 0 Å². The third-order valence-corrected chi connectivity index (χ3v) is 5.65. The van der Waals surface area contributed by atoms with Crippen molar-refractivity contribution in [2.24, 2.45) is 11.7 Å². The molecular weight excluding hydrogens is 262 g/mol. The summed E-state index contributed by atoms with van der Waals surface area (Å²) in [6, 6.07) is 0. The minimum absolute atomic E-state index is 0.189. The Morgan fingerprint density at radius 1 is 1.11 bits per heavy atom. The van der Waals surface area contributed by atoms with E-state index in [1.54, 1.807) is 4.31 Å². The molecule has 19 heavy (non-hydrogen) atoms. The van der Waals surface area contributed by atoms with Crippen molar-refractivity contribution >= 4 is 10.0 Å². The molecule has 1 heterocycles. The van der Waals surface area contributed by atoms with Gasteiger partial charge in [-0.3, -0.25) is 0 Å². The Kier molecular flexibility index (Phi) is 7.28. The van der Waals surface area contributed by atoms with E-state index in [9.17, 15) is 8.42 Å². The monoisotopic (exact) mass is 291 g/mol. The molecule has 0 radical (unpaired) electrons. The predicted octanol–water partition coefficient (Wildman–Crippen LogP) is 0.719. The summed E-state index contributed by atoms with van der Waals surface area (Å²) in [6.45, 7) is 8.83. The summed E-state index contributed by atoms with van der Waals surface area (Å²) in [5.74, 6) is 0.453. The highest BCUT2D eigenvalue weighted by molar-refractivity contribution is 7.89. The second-order valence-corrected chi connectivity index (χ2v) is 7.78. The van der Waals surface area contributed by atoms with Crippen molar-refractivity contribution < 1.29 is 8.42 Å². The molecule has 1 saturated heterocycles. The molecular formula is C13H29N3O2S. The standard InChI is InChI=1S/C13H29N3O2S/c1-13(2)12-19(17,18)16-9-5-8-15(10-11-16)7-4-3-6-14/h13H,3-12,14H2,1-2H3. The Morgan fingerprint density at radius 3 is 2.47 bits per heavy atom. The molecule has 2 N–H and O–H groups in total. The molecule has 1 rings (SSSR count). The molecule has 0 unspecified atom stereocenters. The van der Waals surface area contributed by atoms with Crippen LogP contribution in [-0.2, 0) is 10.0 Å². The van der Waals surface area contributed by atoms with Crippen molar-refractivity contribution in [1.82, 2.24) is 9.21 Å². The maximum absolute atomic E-state index is 12.2. The summed E-state index contributed by atoms with van der Waals surface area (Å²) in [7, 11) is -3.07. The summed E-state index contributed by atoms with van der Waals surface area (Å²) in [6.07, 6.45) is 3.08. The van der Waals surface area contributed by atoms with Gasteiger partial charge in [-0.2, -0.15) is 0 Å². The molecule has 1 fully saturated rings. The van der Waals surface area contributed by atoms with Crippen LogP contribution in [0.5, 0.6) is 0 Å². The molecule has 1 aliphatic heterocycles. The first-order valence-electron chi connectivity index (χ1n) is 7.36. The fourth-order valence-electron chi connectivity index (χ4n) is 2.46. The zero-order valence-electron chi connectivity index (χ0n) is 12.3. The smallest absolute Gasteiger partial charge is 0.214 e. The van der Waals surface area contributed by atoms with Gasteiger partial charge < -0.3 is 10.6 Å². The fourth-order valence-corrected chi connectivity index (χ4v) is 4.28. The molecule has 0 atom stereocenters. The van der Waals surface area contributed by atoms with Crippen molar-refractivity contribution in [3.63, 3.8) is 0 Å². The second-order valence-electron chi connectivity index (χ2n) is 5.76. The molecule has 0 aromatic rings. The van der Waals surface area contributed by atoms with Gasteiger partial charge in [0.05, 0.1) is 5.75 Å². The molecule has 0 saturated carbocycles. The van der Waals surface area contributed by atoms with Crippen LogP contribution in [0.1, 0.15) is 33.1 Å². The van der Waals surface area contributed by atoms with Crippen LogP contribution in [0.25, 0.3) is 0 Å². The minimum atomic E-state index is -3.07. The first-order valence-corrected chi connectivity index (χ1v) is 8.97. The lowest BCUT2D eigenvalue weighted by Gasteiger charge is -2.22. The molecule has 5 nitrogen and oxygen atoms in total. The largest absolute Gasteiger partial charge is 0.330 e. The zero-order chi connectivity index (χ0) is 14.3. The Labute approximate surface area is 118 Å². The molecule has 0 amide bonds. The molecule has 0 aromatic carbocycles. The third-order valence-electron chi connectivity index (χ3n) is 3.41. The van der Waals surface area contributed by atoms with E-state index < -0.39 is 10.0 Å². The fraction of sp³-hybridized carbons (Fsp3) is 1.00. The number of sulfonamides is 1. The minimum Gasteiger partial charge on any atom is -0.330 e. The molecule has 0 spiro atoms. The van der Waals surface area contributed by atoms with Gasteiger partial charge in [-0.15, -0.1) is 0 Å². The first-order chi connectivity index (χ1) is 8.95. The normalized spacial score (nSPS) is 19.8. The van der Waals surface area contributed by atoms with Gasteiger partial charge >= 0.3 is 0 Å². The van der Waals surface area contributed by atoms with Gasteiger partial charge in [0.25, 0.3) is 0 Å². The van der Waals surface area contributed by atoms with Gasteiger partial charge in [-0.1, -0.05) is 13.8 Å². The van der Waals surface area contributed by atoms with Crippen LogP contribution in [0, 0.1) is 5.92 Å². The van der Waals surface area contributed by atoms with E-state index in [-0.39, 0.29) is 11.7 Å². The predicted molar refractivity (Wildman–Crippen MR) is 79.5 cm³/mol. The molecule has 114 valence electrons. The van der Waals surface area contributed by atoms with Gasteiger partial charge in [0.15, 0.2) is 0 Å². The molecule has 0 aliphatic carbocycles. The van der Waals surface area contributed by atoms with Crippen molar-refractivity contribution in [3.05, 3.63) is 0 Å². The van der Waals surface area contributed by atoms with Gasteiger partial charge in [0.2, 0.25) is 10.0 Å².